The molecule has 1 aliphatic carbocycles. The van der Waals surface area contributed by atoms with E-state index in [4.69, 9.17) is 14.5 Å². The maximum absolute atomic E-state index is 12.2. The highest BCUT2D eigenvalue weighted by atomic mass is 32.1. The zero-order chi connectivity index (χ0) is 16.5. The Hall–Kier alpha value is -1.86. The molecule has 1 aliphatic heterocycles. The number of rotatable bonds is 5. The van der Waals surface area contributed by atoms with E-state index in [-0.39, 0.29) is 5.91 Å². The van der Waals surface area contributed by atoms with Gasteiger partial charge in [0.2, 0.25) is 0 Å². The number of ether oxygens (including phenoxy) is 2. The Bertz CT molecular complexity index is 744. The molecule has 24 heavy (non-hydrogen) atoms. The molecule has 1 N–H and O–H groups in total. The molecule has 4 rings (SSSR count). The maximum atomic E-state index is 12.2. The van der Waals surface area contributed by atoms with Crippen LogP contribution in [0.5, 0.6) is 5.75 Å². The predicted molar refractivity (Wildman–Crippen MR) is 93.9 cm³/mol. The summed E-state index contributed by atoms with van der Waals surface area (Å²) in [7, 11) is 0. The van der Waals surface area contributed by atoms with Gasteiger partial charge in [-0.1, -0.05) is 11.3 Å². The van der Waals surface area contributed by atoms with Crippen LogP contribution in [0.3, 0.4) is 0 Å². The van der Waals surface area contributed by atoms with Gasteiger partial charge in [-0.15, -0.1) is 0 Å². The molecule has 6 nitrogen and oxygen atoms in total. The van der Waals surface area contributed by atoms with E-state index in [9.17, 15) is 4.79 Å². The zero-order valence-electron chi connectivity index (χ0n) is 13.7. The first-order chi connectivity index (χ1) is 11.7. The Kier molecular flexibility index (Phi) is 4.28. The SMILES string of the molecule is CCOc1ccc2nc(N3CCOC(C(=O)NC4CC4)C3)sc2c1. The third kappa shape index (κ3) is 3.32. The smallest absolute Gasteiger partial charge is 0.251 e. The summed E-state index contributed by atoms with van der Waals surface area (Å²) < 4.78 is 12.3. The van der Waals surface area contributed by atoms with Gasteiger partial charge in [-0.05, 0) is 38.0 Å². The van der Waals surface area contributed by atoms with Crippen molar-refractivity contribution in [3.63, 3.8) is 0 Å². The number of amides is 1. The molecule has 128 valence electrons. The molecule has 0 spiro atoms. The first-order valence-corrected chi connectivity index (χ1v) is 9.25. The Morgan fingerprint density at radius 2 is 2.38 bits per heavy atom. The van der Waals surface area contributed by atoms with Crippen molar-refractivity contribution in [3.8, 4) is 5.75 Å². The second-order valence-corrected chi connectivity index (χ2v) is 7.16. The summed E-state index contributed by atoms with van der Waals surface area (Å²) in [5.41, 5.74) is 0.962. The van der Waals surface area contributed by atoms with Crippen LogP contribution in [-0.4, -0.2) is 49.3 Å². The predicted octanol–water partition coefficient (Wildman–Crippen LogP) is 2.18. The molecule has 1 saturated heterocycles. The molecule has 1 unspecified atom stereocenters. The van der Waals surface area contributed by atoms with Gasteiger partial charge in [-0.2, -0.15) is 0 Å². The fourth-order valence-electron chi connectivity index (χ4n) is 2.79. The van der Waals surface area contributed by atoms with Crippen molar-refractivity contribution in [3.05, 3.63) is 18.2 Å². The van der Waals surface area contributed by atoms with Crippen molar-refractivity contribution in [1.29, 1.82) is 0 Å². The summed E-state index contributed by atoms with van der Waals surface area (Å²) in [5.74, 6) is 0.866. The lowest BCUT2D eigenvalue weighted by atomic mass is 10.2. The first kappa shape index (κ1) is 15.7. The van der Waals surface area contributed by atoms with Crippen molar-refractivity contribution in [2.45, 2.75) is 31.9 Å². The van der Waals surface area contributed by atoms with E-state index in [2.05, 4.69) is 10.2 Å². The van der Waals surface area contributed by atoms with E-state index < -0.39 is 6.10 Å². The number of anilines is 1. The number of hydrogen-bond donors (Lipinski definition) is 1. The van der Waals surface area contributed by atoms with Crippen LogP contribution in [-0.2, 0) is 9.53 Å². The lowest BCUT2D eigenvalue weighted by Crippen LogP contribution is -2.50. The van der Waals surface area contributed by atoms with Gasteiger partial charge in [-0.25, -0.2) is 4.98 Å². The number of aromatic nitrogens is 1. The highest BCUT2D eigenvalue weighted by Crippen LogP contribution is 2.32. The van der Waals surface area contributed by atoms with E-state index in [0.717, 1.165) is 40.5 Å². The highest BCUT2D eigenvalue weighted by molar-refractivity contribution is 7.22. The maximum Gasteiger partial charge on any atom is 0.251 e. The van der Waals surface area contributed by atoms with Crippen LogP contribution in [0.1, 0.15) is 19.8 Å². The number of nitrogens with zero attached hydrogens (tertiary/aromatic N) is 2. The largest absolute Gasteiger partial charge is 0.494 e. The third-order valence-electron chi connectivity index (χ3n) is 4.21. The van der Waals surface area contributed by atoms with Gasteiger partial charge in [0.1, 0.15) is 5.75 Å². The number of carbonyl (C=O) groups is 1. The molecule has 2 heterocycles. The second kappa shape index (κ2) is 6.57. The molecular weight excluding hydrogens is 326 g/mol. The van der Waals surface area contributed by atoms with Gasteiger partial charge in [0, 0.05) is 12.6 Å². The van der Waals surface area contributed by atoms with Gasteiger partial charge in [0.25, 0.3) is 5.91 Å². The molecule has 1 amide bonds. The van der Waals surface area contributed by atoms with Crippen molar-refractivity contribution < 1.29 is 14.3 Å². The van der Waals surface area contributed by atoms with Gasteiger partial charge in [0.05, 0.1) is 30.0 Å². The minimum Gasteiger partial charge on any atom is -0.494 e. The summed E-state index contributed by atoms with van der Waals surface area (Å²) in [6.45, 7) is 4.48. The molecule has 0 radical (unpaired) electrons. The Morgan fingerprint density at radius 1 is 1.50 bits per heavy atom. The van der Waals surface area contributed by atoms with Crippen LogP contribution < -0.4 is 15.0 Å². The number of morpholine rings is 1. The van der Waals surface area contributed by atoms with Crippen LogP contribution in [0, 0.1) is 0 Å². The molecular formula is C17H21N3O3S. The number of benzene rings is 1. The number of fused-ring (bicyclic) bond motifs is 1. The summed E-state index contributed by atoms with van der Waals surface area (Å²) in [5, 5.41) is 3.96. The van der Waals surface area contributed by atoms with Crippen LogP contribution in [0.15, 0.2) is 18.2 Å². The van der Waals surface area contributed by atoms with Gasteiger partial charge in [-0.3, -0.25) is 4.79 Å². The van der Waals surface area contributed by atoms with E-state index in [1.807, 2.05) is 25.1 Å². The fourth-order valence-corrected chi connectivity index (χ4v) is 3.82. The number of carbonyl (C=O) groups excluding carboxylic acids is 1. The summed E-state index contributed by atoms with van der Waals surface area (Å²) in [6.07, 6.45) is 1.76. The van der Waals surface area contributed by atoms with Gasteiger partial charge < -0.3 is 19.7 Å². The van der Waals surface area contributed by atoms with Crippen LogP contribution in [0.4, 0.5) is 5.13 Å². The van der Waals surface area contributed by atoms with Crippen LogP contribution >= 0.6 is 11.3 Å². The molecule has 2 fully saturated rings. The summed E-state index contributed by atoms with van der Waals surface area (Å²) in [4.78, 5) is 19.1. The summed E-state index contributed by atoms with van der Waals surface area (Å²) >= 11 is 1.63. The number of hydrogen-bond acceptors (Lipinski definition) is 6. The van der Waals surface area contributed by atoms with Gasteiger partial charge in [0.15, 0.2) is 11.2 Å². The zero-order valence-corrected chi connectivity index (χ0v) is 14.5. The first-order valence-electron chi connectivity index (χ1n) is 8.43. The third-order valence-corrected chi connectivity index (χ3v) is 5.29. The lowest BCUT2D eigenvalue weighted by molar-refractivity contribution is -0.133. The Labute approximate surface area is 144 Å². The molecule has 7 heteroatoms. The topological polar surface area (TPSA) is 63.7 Å². The van der Waals surface area contributed by atoms with Crippen LogP contribution in [0.2, 0.25) is 0 Å². The quantitative estimate of drug-likeness (QED) is 0.898. The fraction of sp³-hybridized carbons (Fsp3) is 0.529. The van der Waals surface area contributed by atoms with E-state index >= 15 is 0 Å². The van der Waals surface area contributed by atoms with Crippen LogP contribution in [0.25, 0.3) is 10.2 Å². The molecule has 2 aliphatic rings. The van der Waals surface area contributed by atoms with Crippen molar-refractivity contribution in [2.24, 2.45) is 0 Å². The molecule has 1 atom stereocenters. The highest BCUT2D eigenvalue weighted by Gasteiger charge is 2.32. The average molecular weight is 347 g/mol. The standard InChI is InChI=1S/C17H21N3O3S/c1-2-22-12-5-6-13-15(9-12)24-17(19-13)20-7-8-23-14(10-20)16(21)18-11-3-4-11/h5-6,9,11,14H,2-4,7-8,10H2,1H3,(H,18,21). The number of nitrogens with one attached hydrogen (secondary N) is 1. The van der Waals surface area contributed by atoms with E-state index in [1.54, 1.807) is 11.3 Å². The molecule has 1 aromatic heterocycles. The molecule has 0 bridgehead atoms. The minimum atomic E-state index is -0.412. The molecule has 2 aromatic rings. The molecule has 1 aromatic carbocycles. The second-order valence-electron chi connectivity index (χ2n) is 6.15. The normalized spacial score (nSPS) is 21.0. The Balaban J connectivity index is 1.49. The van der Waals surface area contributed by atoms with Gasteiger partial charge >= 0.3 is 0 Å². The Morgan fingerprint density at radius 3 is 3.17 bits per heavy atom. The average Bonchev–Trinajstić information content (AvgIpc) is 3.31. The number of thiazole rings is 1. The van der Waals surface area contributed by atoms with Crippen molar-refractivity contribution in [2.75, 3.05) is 31.2 Å². The lowest BCUT2D eigenvalue weighted by Gasteiger charge is -2.31. The molecule has 1 saturated carbocycles. The van der Waals surface area contributed by atoms with E-state index in [0.29, 0.717) is 25.8 Å². The van der Waals surface area contributed by atoms with Crippen molar-refractivity contribution in [1.82, 2.24) is 10.3 Å². The van der Waals surface area contributed by atoms with E-state index in [1.165, 1.54) is 0 Å². The monoisotopic (exact) mass is 347 g/mol. The summed E-state index contributed by atoms with van der Waals surface area (Å²) in [6, 6.07) is 6.31. The minimum absolute atomic E-state index is 0.00180. The van der Waals surface area contributed by atoms with Crippen molar-refractivity contribution >= 4 is 32.6 Å².